The molecule has 8 nitrogen and oxygen atoms in total. The molecule has 2 rings (SSSR count). The molecule has 8 heteroatoms. The molecular formula is C14H23N5O3. The summed E-state index contributed by atoms with van der Waals surface area (Å²) in [5, 5.41) is 20.6. The second-order valence-corrected chi connectivity index (χ2v) is 5.82. The lowest BCUT2D eigenvalue weighted by molar-refractivity contribution is -0.385. The number of likely N-dealkylation sites (N-methyl/N-ethyl adjacent to an activating group) is 1. The molecular weight excluding hydrogens is 286 g/mol. The number of nitro groups is 1. The van der Waals surface area contributed by atoms with Gasteiger partial charge in [-0.2, -0.15) is 5.10 Å². The quantitative estimate of drug-likeness (QED) is 0.609. The summed E-state index contributed by atoms with van der Waals surface area (Å²) in [7, 11) is 0. The van der Waals surface area contributed by atoms with Gasteiger partial charge in [0.25, 0.3) is 5.91 Å². The number of nitrogens with zero attached hydrogens (tertiary/aromatic N) is 3. The van der Waals surface area contributed by atoms with Crippen LogP contribution in [0.2, 0.25) is 0 Å². The first-order valence-electron chi connectivity index (χ1n) is 7.72. The van der Waals surface area contributed by atoms with Gasteiger partial charge in [-0.05, 0) is 18.9 Å². The van der Waals surface area contributed by atoms with E-state index in [0.29, 0.717) is 18.0 Å². The van der Waals surface area contributed by atoms with E-state index in [1.165, 1.54) is 0 Å². The number of hydrogen-bond acceptors (Lipinski definition) is 5. The van der Waals surface area contributed by atoms with Crippen molar-refractivity contribution in [3.8, 4) is 0 Å². The van der Waals surface area contributed by atoms with Crippen molar-refractivity contribution < 1.29 is 9.72 Å². The number of amides is 1. The predicted octanol–water partition coefficient (Wildman–Crippen LogP) is 1.34. The van der Waals surface area contributed by atoms with E-state index in [4.69, 9.17) is 0 Å². The second kappa shape index (κ2) is 6.87. The van der Waals surface area contributed by atoms with Crippen LogP contribution in [-0.2, 0) is 6.42 Å². The van der Waals surface area contributed by atoms with Crippen molar-refractivity contribution in [2.75, 3.05) is 19.6 Å². The van der Waals surface area contributed by atoms with E-state index in [0.717, 1.165) is 26.1 Å². The average Bonchev–Trinajstić information content (AvgIpc) is 3.03. The Balaban J connectivity index is 2.14. The van der Waals surface area contributed by atoms with Gasteiger partial charge in [-0.15, -0.1) is 0 Å². The summed E-state index contributed by atoms with van der Waals surface area (Å²) in [5.74, 6) is -0.155. The largest absolute Gasteiger partial charge is 0.346 e. The first-order chi connectivity index (χ1) is 10.5. The van der Waals surface area contributed by atoms with Gasteiger partial charge in [0, 0.05) is 19.1 Å². The standard InChI is InChI=1S/C14H23N5O3/c1-4-6-10-13(19(21)22)12(17-16-10)14(20)15-11-8-18(5-2)7-9(11)3/h9,11H,4-8H2,1-3H3,(H,15,20)(H,16,17). The van der Waals surface area contributed by atoms with E-state index in [-0.39, 0.29) is 17.4 Å². The fourth-order valence-corrected chi connectivity index (χ4v) is 2.90. The lowest BCUT2D eigenvalue weighted by atomic mass is 10.1. The Hall–Kier alpha value is -1.96. The van der Waals surface area contributed by atoms with E-state index in [1.807, 2.05) is 6.92 Å². The fraction of sp³-hybridized carbons (Fsp3) is 0.714. The number of likely N-dealkylation sites (tertiary alicyclic amines) is 1. The van der Waals surface area contributed by atoms with Gasteiger partial charge in [0.1, 0.15) is 5.69 Å². The molecule has 122 valence electrons. The second-order valence-electron chi connectivity index (χ2n) is 5.82. The highest BCUT2D eigenvalue weighted by atomic mass is 16.6. The Kier molecular flexibility index (Phi) is 5.12. The number of carbonyl (C=O) groups is 1. The third-order valence-corrected chi connectivity index (χ3v) is 4.16. The topological polar surface area (TPSA) is 104 Å². The van der Waals surface area contributed by atoms with E-state index in [1.54, 1.807) is 0 Å². The summed E-state index contributed by atoms with van der Waals surface area (Å²) < 4.78 is 0. The zero-order valence-electron chi connectivity index (χ0n) is 13.3. The number of nitrogens with one attached hydrogen (secondary N) is 2. The van der Waals surface area contributed by atoms with E-state index in [2.05, 4.69) is 34.3 Å². The number of aromatic nitrogens is 2. The van der Waals surface area contributed by atoms with Crippen molar-refractivity contribution in [1.82, 2.24) is 20.4 Å². The van der Waals surface area contributed by atoms with Gasteiger partial charge in [0.2, 0.25) is 5.69 Å². The van der Waals surface area contributed by atoms with Gasteiger partial charge < -0.3 is 10.2 Å². The molecule has 2 N–H and O–H groups in total. The molecule has 2 atom stereocenters. The molecule has 0 radical (unpaired) electrons. The Morgan fingerprint density at radius 1 is 1.50 bits per heavy atom. The van der Waals surface area contributed by atoms with Crippen LogP contribution < -0.4 is 5.32 Å². The summed E-state index contributed by atoms with van der Waals surface area (Å²) in [6.45, 7) is 8.69. The number of rotatable bonds is 6. The van der Waals surface area contributed by atoms with Crippen LogP contribution in [0, 0.1) is 16.0 Å². The molecule has 0 aliphatic carbocycles. The molecule has 1 fully saturated rings. The minimum absolute atomic E-state index is 0.00150. The fourth-order valence-electron chi connectivity index (χ4n) is 2.90. The molecule has 0 bridgehead atoms. The van der Waals surface area contributed by atoms with Crippen molar-refractivity contribution in [2.24, 2.45) is 5.92 Å². The van der Waals surface area contributed by atoms with Crippen molar-refractivity contribution >= 4 is 11.6 Å². The predicted molar refractivity (Wildman–Crippen MR) is 81.8 cm³/mol. The van der Waals surface area contributed by atoms with Crippen LogP contribution in [0.1, 0.15) is 43.4 Å². The van der Waals surface area contributed by atoms with Crippen LogP contribution in [0.15, 0.2) is 0 Å². The summed E-state index contributed by atoms with van der Waals surface area (Å²) in [5.41, 5.74) is 0.0975. The molecule has 1 aliphatic heterocycles. The third kappa shape index (κ3) is 3.27. The molecule has 0 aromatic carbocycles. The smallest absolute Gasteiger partial charge is 0.322 e. The minimum atomic E-state index is -0.528. The first kappa shape index (κ1) is 16.4. The summed E-state index contributed by atoms with van der Waals surface area (Å²) >= 11 is 0. The number of aryl methyl sites for hydroxylation is 1. The molecule has 1 aliphatic rings. The van der Waals surface area contributed by atoms with Crippen molar-refractivity contribution in [3.63, 3.8) is 0 Å². The summed E-state index contributed by atoms with van der Waals surface area (Å²) in [4.78, 5) is 25.3. The number of aromatic amines is 1. The maximum absolute atomic E-state index is 12.4. The molecule has 1 amide bonds. The van der Waals surface area contributed by atoms with E-state index >= 15 is 0 Å². The number of carbonyl (C=O) groups excluding carboxylic acids is 1. The number of H-pyrrole nitrogens is 1. The van der Waals surface area contributed by atoms with Crippen LogP contribution in [0.25, 0.3) is 0 Å². The van der Waals surface area contributed by atoms with Gasteiger partial charge in [0.15, 0.2) is 0 Å². The SMILES string of the molecule is CCCc1[nH]nc(C(=O)NC2CN(CC)CC2C)c1[N+](=O)[O-]. The molecule has 0 saturated carbocycles. The maximum Gasteiger partial charge on any atom is 0.322 e. The lowest BCUT2D eigenvalue weighted by Crippen LogP contribution is -2.40. The molecule has 1 aromatic heterocycles. The highest BCUT2D eigenvalue weighted by molar-refractivity contribution is 5.96. The van der Waals surface area contributed by atoms with Crippen molar-refractivity contribution in [2.45, 2.75) is 39.7 Å². The molecule has 1 saturated heterocycles. The minimum Gasteiger partial charge on any atom is -0.346 e. The van der Waals surface area contributed by atoms with Crippen molar-refractivity contribution in [1.29, 1.82) is 0 Å². The van der Waals surface area contributed by atoms with E-state index < -0.39 is 10.8 Å². The molecule has 22 heavy (non-hydrogen) atoms. The van der Waals surface area contributed by atoms with Crippen LogP contribution in [0.5, 0.6) is 0 Å². The zero-order chi connectivity index (χ0) is 16.3. The van der Waals surface area contributed by atoms with E-state index in [9.17, 15) is 14.9 Å². The lowest BCUT2D eigenvalue weighted by Gasteiger charge is -2.15. The molecule has 1 aromatic rings. The average molecular weight is 309 g/mol. The maximum atomic E-state index is 12.4. The van der Waals surface area contributed by atoms with Crippen LogP contribution in [-0.4, -0.2) is 51.6 Å². The summed E-state index contributed by atoms with van der Waals surface area (Å²) in [6.07, 6.45) is 1.25. The Morgan fingerprint density at radius 3 is 2.77 bits per heavy atom. The Labute approximate surface area is 129 Å². The third-order valence-electron chi connectivity index (χ3n) is 4.16. The van der Waals surface area contributed by atoms with Gasteiger partial charge in [0.05, 0.1) is 4.92 Å². The highest BCUT2D eigenvalue weighted by Gasteiger charge is 2.34. The highest BCUT2D eigenvalue weighted by Crippen LogP contribution is 2.23. The Bertz CT molecular complexity index is 557. The van der Waals surface area contributed by atoms with Gasteiger partial charge in [-0.25, -0.2) is 0 Å². The van der Waals surface area contributed by atoms with Gasteiger partial charge >= 0.3 is 5.69 Å². The van der Waals surface area contributed by atoms with Gasteiger partial charge in [-0.1, -0.05) is 27.2 Å². The van der Waals surface area contributed by atoms with Gasteiger partial charge in [-0.3, -0.25) is 20.0 Å². The summed E-state index contributed by atoms with van der Waals surface area (Å²) in [6, 6.07) is -0.00150. The first-order valence-corrected chi connectivity index (χ1v) is 7.72. The molecule has 2 heterocycles. The zero-order valence-corrected chi connectivity index (χ0v) is 13.3. The normalized spacial score (nSPS) is 22.0. The number of hydrogen-bond donors (Lipinski definition) is 2. The molecule has 2 unspecified atom stereocenters. The van der Waals surface area contributed by atoms with Crippen LogP contribution >= 0.6 is 0 Å². The molecule has 0 spiro atoms. The Morgan fingerprint density at radius 2 is 2.23 bits per heavy atom. The monoisotopic (exact) mass is 309 g/mol. The van der Waals surface area contributed by atoms with Crippen LogP contribution in [0.4, 0.5) is 5.69 Å². The van der Waals surface area contributed by atoms with Crippen molar-refractivity contribution in [3.05, 3.63) is 21.5 Å². The van der Waals surface area contributed by atoms with Crippen LogP contribution in [0.3, 0.4) is 0 Å².